The number of rotatable bonds is 3. The van der Waals surface area contributed by atoms with Gasteiger partial charge in [0.05, 0.1) is 24.2 Å². The Kier molecular flexibility index (Phi) is 4.50. The average Bonchev–Trinajstić information content (AvgIpc) is 3.21. The predicted octanol–water partition coefficient (Wildman–Crippen LogP) is 3.33. The third-order valence-electron chi connectivity index (χ3n) is 5.70. The first-order chi connectivity index (χ1) is 15.0. The Hall–Kier alpha value is -3.68. The Balaban J connectivity index is 1.52. The maximum Gasteiger partial charge on any atom is 0.336 e. The standard InChI is InChI=1S/C23H22N2O6/c1-11-6-16-21(12(2)7-19(26)31-16)22(27)20(11)15-10-14(24-25-15)13-8-17(28-3)23-18(9-13)29-4-5-30-23/h6-9,14,24,27H,4-5,10H2,1-3H3/t14-/m0/s1. The summed E-state index contributed by atoms with van der Waals surface area (Å²) in [7, 11) is 1.60. The number of phenolic OH excluding ortho intramolecular Hbond substituents is 1. The van der Waals surface area contributed by atoms with Crippen LogP contribution in [0.25, 0.3) is 11.0 Å². The SMILES string of the molecule is COc1cc([C@@H]2CC(c3c(C)cc4oc(=O)cc(C)c4c3O)=NN2)cc2c1OCCO2. The zero-order chi connectivity index (χ0) is 21.7. The number of phenols is 1. The van der Waals surface area contributed by atoms with Crippen molar-refractivity contribution in [1.29, 1.82) is 0 Å². The van der Waals surface area contributed by atoms with Crippen LogP contribution >= 0.6 is 0 Å². The van der Waals surface area contributed by atoms with Crippen LogP contribution in [0.5, 0.6) is 23.0 Å². The number of hydrazone groups is 1. The predicted molar refractivity (Wildman–Crippen MR) is 115 cm³/mol. The highest BCUT2D eigenvalue weighted by Crippen LogP contribution is 2.43. The zero-order valence-electron chi connectivity index (χ0n) is 17.4. The Morgan fingerprint density at radius 1 is 1.13 bits per heavy atom. The lowest BCUT2D eigenvalue weighted by molar-refractivity contribution is 0.164. The number of methoxy groups -OCH3 is 1. The number of fused-ring (bicyclic) bond motifs is 2. The van der Waals surface area contributed by atoms with Crippen molar-refractivity contribution in [2.75, 3.05) is 20.3 Å². The number of nitrogens with one attached hydrogen (secondary N) is 1. The molecule has 1 aromatic heterocycles. The summed E-state index contributed by atoms with van der Waals surface area (Å²) >= 11 is 0. The molecule has 0 bridgehead atoms. The highest BCUT2D eigenvalue weighted by atomic mass is 16.6. The molecule has 0 unspecified atom stereocenters. The van der Waals surface area contributed by atoms with E-state index in [1.165, 1.54) is 6.07 Å². The van der Waals surface area contributed by atoms with Crippen molar-refractivity contribution >= 4 is 16.7 Å². The molecule has 0 amide bonds. The van der Waals surface area contributed by atoms with Gasteiger partial charge in [-0.05, 0) is 48.7 Å². The number of hydrogen-bond donors (Lipinski definition) is 2. The van der Waals surface area contributed by atoms with E-state index in [1.54, 1.807) is 20.1 Å². The summed E-state index contributed by atoms with van der Waals surface area (Å²) in [4.78, 5) is 11.7. The van der Waals surface area contributed by atoms with E-state index >= 15 is 0 Å². The molecule has 0 spiro atoms. The van der Waals surface area contributed by atoms with Gasteiger partial charge < -0.3 is 29.2 Å². The first-order valence-electron chi connectivity index (χ1n) is 10.0. The van der Waals surface area contributed by atoms with Gasteiger partial charge in [-0.1, -0.05) is 0 Å². The Bertz CT molecular complexity index is 1280. The number of aryl methyl sites for hydroxylation is 2. The highest BCUT2D eigenvalue weighted by molar-refractivity contribution is 6.09. The number of benzene rings is 2. The monoisotopic (exact) mass is 422 g/mol. The molecule has 2 aromatic carbocycles. The van der Waals surface area contributed by atoms with Crippen molar-refractivity contribution < 1.29 is 23.7 Å². The van der Waals surface area contributed by atoms with Crippen LogP contribution in [0.3, 0.4) is 0 Å². The topological polar surface area (TPSA) is 103 Å². The van der Waals surface area contributed by atoms with Gasteiger partial charge in [0.15, 0.2) is 11.5 Å². The zero-order valence-corrected chi connectivity index (χ0v) is 17.4. The molecule has 2 N–H and O–H groups in total. The van der Waals surface area contributed by atoms with E-state index in [0.29, 0.717) is 59.0 Å². The minimum absolute atomic E-state index is 0.0669. The number of ether oxygens (including phenoxy) is 3. The normalized spacial score (nSPS) is 17.4. The Labute approximate surface area is 178 Å². The van der Waals surface area contributed by atoms with E-state index in [2.05, 4.69) is 10.5 Å². The van der Waals surface area contributed by atoms with Crippen LogP contribution in [0.15, 0.2) is 38.6 Å². The summed E-state index contributed by atoms with van der Waals surface area (Å²) < 4.78 is 22.2. The summed E-state index contributed by atoms with van der Waals surface area (Å²) in [5.41, 5.74) is 6.83. The molecule has 1 atom stereocenters. The van der Waals surface area contributed by atoms with Crippen molar-refractivity contribution in [3.05, 3.63) is 56.9 Å². The number of nitrogens with zero attached hydrogens (tertiary/aromatic N) is 1. The maximum absolute atomic E-state index is 11.7. The van der Waals surface area contributed by atoms with Crippen LogP contribution in [-0.4, -0.2) is 31.1 Å². The van der Waals surface area contributed by atoms with Crippen molar-refractivity contribution in [2.24, 2.45) is 5.10 Å². The van der Waals surface area contributed by atoms with Gasteiger partial charge in [0, 0.05) is 18.1 Å². The molecule has 0 radical (unpaired) electrons. The second-order valence-electron chi connectivity index (χ2n) is 7.73. The first kappa shape index (κ1) is 19.3. The largest absolute Gasteiger partial charge is 0.506 e. The first-order valence-corrected chi connectivity index (χ1v) is 10.0. The van der Waals surface area contributed by atoms with Gasteiger partial charge >= 0.3 is 5.63 Å². The summed E-state index contributed by atoms with van der Waals surface area (Å²) in [5.74, 6) is 1.93. The summed E-state index contributed by atoms with van der Waals surface area (Å²) in [6, 6.07) is 6.86. The van der Waals surface area contributed by atoms with E-state index in [-0.39, 0.29) is 11.8 Å². The van der Waals surface area contributed by atoms with Gasteiger partial charge in [0.1, 0.15) is 24.5 Å². The number of hydrogen-bond acceptors (Lipinski definition) is 8. The lowest BCUT2D eigenvalue weighted by Gasteiger charge is -2.22. The minimum atomic E-state index is -0.441. The highest BCUT2D eigenvalue weighted by Gasteiger charge is 2.28. The van der Waals surface area contributed by atoms with Gasteiger partial charge in [0.2, 0.25) is 5.75 Å². The maximum atomic E-state index is 11.7. The van der Waals surface area contributed by atoms with Gasteiger partial charge in [-0.2, -0.15) is 5.10 Å². The molecule has 8 nitrogen and oxygen atoms in total. The van der Waals surface area contributed by atoms with Crippen molar-refractivity contribution in [1.82, 2.24) is 5.43 Å². The van der Waals surface area contributed by atoms with Gasteiger partial charge in [0.25, 0.3) is 0 Å². The lowest BCUT2D eigenvalue weighted by atomic mass is 9.93. The van der Waals surface area contributed by atoms with E-state index in [0.717, 1.165) is 16.8 Å². The van der Waals surface area contributed by atoms with Gasteiger partial charge in [-0.25, -0.2) is 4.79 Å². The number of aromatic hydroxyl groups is 1. The van der Waals surface area contributed by atoms with Crippen LogP contribution < -0.4 is 25.3 Å². The van der Waals surface area contributed by atoms with Crippen LogP contribution in [0, 0.1) is 13.8 Å². The van der Waals surface area contributed by atoms with E-state index in [4.69, 9.17) is 18.6 Å². The molecule has 0 fully saturated rings. The second-order valence-corrected chi connectivity index (χ2v) is 7.73. The Morgan fingerprint density at radius 2 is 1.94 bits per heavy atom. The van der Waals surface area contributed by atoms with Crippen molar-refractivity contribution in [3.8, 4) is 23.0 Å². The molecule has 0 saturated heterocycles. The molecule has 8 heteroatoms. The fourth-order valence-corrected chi connectivity index (χ4v) is 4.27. The second kappa shape index (κ2) is 7.23. The lowest BCUT2D eigenvalue weighted by Crippen LogP contribution is -2.17. The smallest absolute Gasteiger partial charge is 0.336 e. The molecule has 0 saturated carbocycles. The third-order valence-corrected chi connectivity index (χ3v) is 5.70. The van der Waals surface area contributed by atoms with Gasteiger partial charge in [-0.3, -0.25) is 0 Å². The van der Waals surface area contributed by atoms with Crippen LogP contribution in [0.1, 0.15) is 34.7 Å². The fraction of sp³-hybridized carbons (Fsp3) is 0.304. The molecular weight excluding hydrogens is 400 g/mol. The van der Waals surface area contributed by atoms with E-state index < -0.39 is 5.63 Å². The van der Waals surface area contributed by atoms with Crippen LogP contribution in [-0.2, 0) is 0 Å². The third kappa shape index (κ3) is 3.15. The molecule has 160 valence electrons. The van der Waals surface area contributed by atoms with E-state index in [9.17, 15) is 9.90 Å². The average molecular weight is 422 g/mol. The summed E-state index contributed by atoms with van der Waals surface area (Å²) in [6.45, 7) is 4.60. The van der Waals surface area contributed by atoms with Crippen LogP contribution in [0.2, 0.25) is 0 Å². The summed E-state index contributed by atoms with van der Waals surface area (Å²) in [6.07, 6.45) is 0.554. The van der Waals surface area contributed by atoms with E-state index in [1.807, 2.05) is 19.1 Å². The molecule has 2 aliphatic heterocycles. The quantitative estimate of drug-likeness (QED) is 0.624. The fourth-order valence-electron chi connectivity index (χ4n) is 4.27. The minimum Gasteiger partial charge on any atom is -0.506 e. The Morgan fingerprint density at radius 3 is 2.74 bits per heavy atom. The molecule has 5 rings (SSSR count). The molecular formula is C23H22N2O6. The van der Waals surface area contributed by atoms with Gasteiger partial charge in [-0.15, -0.1) is 0 Å². The molecule has 31 heavy (non-hydrogen) atoms. The molecule has 0 aliphatic carbocycles. The molecule has 3 heterocycles. The van der Waals surface area contributed by atoms with Crippen LogP contribution in [0.4, 0.5) is 0 Å². The summed E-state index contributed by atoms with van der Waals surface area (Å²) in [5, 5.41) is 16.1. The van der Waals surface area contributed by atoms with Crippen molar-refractivity contribution in [3.63, 3.8) is 0 Å². The van der Waals surface area contributed by atoms with Crippen molar-refractivity contribution in [2.45, 2.75) is 26.3 Å². The molecule has 2 aliphatic rings. The molecule has 3 aromatic rings.